The van der Waals surface area contributed by atoms with E-state index in [1.807, 2.05) is 32.0 Å². The van der Waals surface area contributed by atoms with E-state index >= 15 is 0 Å². The summed E-state index contributed by atoms with van der Waals surface area (Å²) in [5.41, 5.74) is 3.09. The van der Waals surface area contributed by atoms with E-state index in [-0.39, 0.29) is 10.8 Å². The van der Waals surface area contributed by atoms with E-state index < -0.39 is 15.3 Å². The van der Waals surface area contributed by atoms with Crippen LogP contribution in [0.4, 0.5) is 11.4 Å². The fourth-order valence-corrected chi connectivity index (χ4v) is 5.07. The molecule has 1 atom stereocenters. The number of benzene rings is 3. The number of methoxy groups -OCH3 is 2. The summed E-state index contributed by atoms with van der Waals surface area (Å²) in [5.74, 6) is 1.00. The van der Waals surface area contributed by atoms with Gasteiger partial charge in [-0.2, -0.15) is 0 Å². The standard InChI is InChI=1S/C25H28N2O5S2/c1-16-6-7-20(14-17(16)2)27-34(29,30)22-11-8-19(9-12-22)26-25(28)18(3)33-21-10-13-23(31-4)24(15-21)32-5/h6-15,18,27H,1-5H3,(H,26,28)/t18-/m1/s1. The number of amides is 1. The van der Waals surface area contributed by atoms with Crippen LogP contribution in [0.5, 0.6) is 11.5 Å². The van der Waals surface area contributed by atoms with Gasteiger partial charge in [-0.3, -0.25) is 9.52 Å². The lowest BCUT2D eigenvalue weighted by atomic mass is 10.1. The molecule has 0 heterocycles. The maximum Gasteiger partial charge on any atom is 0.261 e. The highest BCUT2D eigenvalue weighted by atomic mass is 32.2. The van der Waals surface area contributed by atoms with Gasteiger partial charge in [-0.05, 0) is 86.5 Å². The zero-order valence-electron chi connectivity index (χ0n) is 19.7. The molecule has 0 aliphatic heterocycles. The molecule has 3 aromatic carbocycles. The van der Waals surface area contributed by atoms with Gasteiger partial charge in [0.05, 0.1) is 24.4 Å². The van der Waals surface area contributed by atoms with Gasteiger partial charge < -0.3 is 14.8 Å². The molecule has 0 bridgehead atoms. The molecular formula is C25H28N2O5S2. The first-order chi connectivity index (χ1) is 16.1. The highest BCUT2D eigenvalue weighted by Gasteiger charge is 2.18. The van der Waals surface area contributed by atoms with Crippen LogP contribution in [0.1, 0.15) is 18.1 Å². The minimum Gasteiger partial charge on any atom is -0.493 e. The molecule has 3 aromatic rings. The lowest BCUT2D eigenvalue weighted by molar-refractivity contribution is -0.115. The van der Waals surface area contributed by atoms with Gasteiger partial charge in [-0.15, -0.1) is 11.8 Å². The van der Waals surface area contributed by atoms with Crippen LogP contribution < -0.4 is 19.5 Å². The Bertz CT molecular complexity index is 1270. The van der Waals surface area contributed by atoms with Gasteiger partial charge in [0, 0.05) is 16.3 Å². The zero-order valence-corrected chi connectivity index (χ0v) is 21.3. The molecule has 0 aliphatic rings. The molecule has 0 radical (unpaired) electrons. The van der Waals surface area contributed by atoms with Crippen LogP contribution in [0, 0.1) is 13.8 Å². The van der Waals surface area contributed by atoms with Crippen LogP contribution in [-0.4, -0.2) is 33.8 Å². The maximum absolute atomic E-state index is 12.7. The molecule has 3 rings (SSSR count). The van der Waals surface area contributed by atoms with Gasteiger partial charge in [0.25, 0.3) is 10.0 Å². The van der Waals surface area contributed by atoms with E-state index in [1.54, 1.807) is 51.5 Å². The average molecular weight is 501 g/mol. The van der Waals surface area contributed by atoms with E-state index in [0.29, 0.717) is 22.9 Å². The predicted molar refractivity (Wildman–Crippen MR) is 137 cm³/mol. The Morgan fingerprint density at radius 1 is 0.853 bits per heavy atom. The molecule has 0 fully saturated rings. The van der Waals surface area contributed by atoms with E-state index in [0.717, 1.165) is 16.0 Å². The predicted octanol–water partition coefficient (Wildman–Crippen LogP) is 5.24. The second-order valence-electron chi connectivity index (χ2n) is 7.70. The SMILES string of the molecule is COc1ccc(S[C@H](C)C(=O)Nc2ccc(S(=O)(=O)Nc3ccc(C)c(C)c3)cc2)cc1OC. The van der Waals surface area contributed by atoms with E-state index in [9.17, 15) is 13.2 Å². The minimum absolute atomic E-state index is 0.108. The molecule has 0 spiro atoms. The Morgan fingerprint density at radius 2 is 1.50 bits per heavy atom. The van der Waals surface area contributed by atoms with E-state index in [2.05, 4.69) is 10.0 Å². The third-order valence-electron chi connectivity index (χ3n) is 5.23. The van der Waals surface area contributed by atoms with Crippen LogP contribution in [0.25, 0.3) is 0 Å². The Balaban J connectivity index is 1.64. The van der Waals surface area contributed by atoms with Crippen LogP contribution in [-0.2, 0) is 14.8 Å². The Kier molecular flexibility index (Phi) is 8.11. The Morgan fingerprint density at radius 3 is 2.12 bits per heavy atom. The normalized spacial score (nSPS) is 12.0. The van der Waals surface area contributed by atoms with Gasteiger partial charge in [0.15, 0.2) is 11.5 Å². The molecule has 180 valence electrons. The second-order valence-corrected chi connectivity index (χ2v) is 10.8. The quantitative estimate of drug-likeness (QED) is 0.390. The number of hydrogen-bond acceptors (Lipinski definition) is 6. The number of ether oxygens (including phenoxy) is 2. The number of anilines is 2. The number of carbonyl (C=O) groups is 1. The summed E-state index contributed by atoms with van der Waals surface area (Å²) in [6.45, 7) is 5.69. The fraction of sp³-hybridized carbons (Fsp3) is 0.240. The number of sulfonamides is 1. The van der Waals surface area contributed by atoms with E-state index in [1.165, 1.54) is 23.9 Å². The van der Waals surface area contributed by atoms with Crippen molar-refractivity contribution in [2.24, 2.45) is 0 Å². The highest BCUT2D eigenvalue weighted by Crippen LogP contribution is 2.33. The molecule has 7 nitrogen and oxygen atoms in total. The topological polar surface area (TPSA) is 93.7 Å². The Hall–Kier alpha value is -3.17. The number of carbonyl (C=O) groups excluding carboxylic acids is 1. The first-order valence-electron chi connectivity index (χ1n) is 10.5. The molecule has 2 N–H and O–H groups in total. The minimum atomic E-state index is -3.75. The van der Waals surface area contributed by atoms with Crippen LogP contribution in [0.3, 0.4) is 0 Å². The smallest absolute Gasteiger partial charge is 0.261 e. The number of rotatable bonds is 9. The first kappa shape index (κ1) is 25.5. The maximum atomic E-state index is 12.7. The third-order valence-corrected chi connectivity index (χ3v) is 7.72. The highest BCUT2D eigenvalue weighted by molar-refractivity contribution is 8.00. The van der Waals surface area contributed by atoms with Crippen molar-refractivity contribution in [1.82, 2.24) is 0 Å². The summed E-state index contributed by atoms with van der Waals surface area (Å²) in [6.07, 6.45) is 0. The summed E-state index contributed by atoms with van der Waals surface area (Å²) in [7, 11) is -0.621. The van der Waals surface area contributed by atoms with Crippen molar-refractivity contribution < 1.29 is 22.7 Å². The van der Waals surface area contributed by atoms with Crippen LogP contribution >= 0.6 is 11.8 Å². The molecule has 9 heteroatoms. The lowest BCUT2D eigenvalue weighted by Crippen LogP contribution is -2.22. The van der Waals surface area contributed by atoms with Crippen molar-refractivity contribution in [1.29, 1.82) is 0 Å². The van der Waals surface area contributed by atoms with Gasteiger partial charge in [-0.25, -0.2) is 8.42 Å². The largest absolute Gasteiger partial charge is 0.493 e. The number of nitrogens with one attached hydrogen (secondary N) is 2. The lowest BCUT2D eigenvalue weighted by Gasteiger charge is -2.14. The van der Waals surface area contributed by atoms with Crippen molar-refractivity contribution in [3.05, 3.63) is 71.8 Å². The summed E-state index contributed by atoms with van der Waals surface area (Å²) in [5, 5.41) is 2.43. The van der Waals surface area contributed by atoms with Crippen LogP contribution in [0.15, 0.2) is 70.5 Å². The number of aryl methyl sites for hydroxylation is 2. The zero-order chi connectivity index (χ0) is 24.9. The molecule has 0 aliphatic carbocycles. The van der Waals surface area contributed by atoms with Crippen molar-refractivity contribution in [3.8, 4) is 11.5 Å². The van der Waals surface area contributed by atoms with Gasteiger partial charge in [0.2, 0.25) is 5.91 Å². The molecule has 0 saturated carbocycles. The molecule has 1 amide bonds. The van der Waals surface area contributed by atoms with Crippen molar-refractivity contribution in [2.45, 2.75) is 35.8 Å². The molecule has 0 unspecified atom stereocenters. The van der Waals surface area contributed by atoms with Gasteiger partial charge >= 0.3 is 0 Å². The molecule has 34 heavy (non-hydrogen) atoms. The van der Waals surface area contributed by atoms with E-state index in [4.69, 9.17) is 9.47 Å². The summed E-state index contributed by atoms with van der Waals surface area (Å²) in [6, 6.07) is 16.9. The average Bonchev–Trinajstić information content (AvgIpc) is 2.81. The van der Waals surface area contributed by atoms with Crippen molar-refractivity contribution >= 4 is 39.1 Å². The molecule has 0 saturated heterocycles. The fourth-order valence-electron chi connectivity index (χ4n) is 3.13. The Labute approximate surface area is 204 Å². The van der Waals surface area contributed by atoms with Gasteiger partial charge in [0.1, 0.15) is 0 Å². The number of thioether (sulfide) groups is 1. The second kappa shape index (κ2) is 10.8. The first-order valence-corrected chi connectivity index (χ1v) is 12.9. The molecule has 0 aromatic heterocycles. The summed E-state index contributed by atoms with van der Waals surface area (Å²) >= 11 is 1.38. The molecular weight excluding hydrogens is 472 g/mol. The monoisotopic (exact) mass is 500 g/mol. The third kappa shape index (κ3) is 6.24. The van der Waals surface area contributed by atoms with Gasteiger partial charge in [-0.1, -0.05) is 6.07 Å². The van der Waals surface area contributed by atoms with Crippen molar-refractivity contribution in [3.63, 3.8) is 0 Å². The summed E-state index contributed by atoms with van der Waals surface area (Å²) in [4.78, 5) is 13.6. The number of hydrogen-bond donors (Lipinski definition) is 2. The summed E-state index contributed by atoms with van der Waals surface area (Å²) < 4.78 is 38.6. The van der Waals surface area contributed by atoms with Crippen LogP contribution in [0.2, 0.25) is 0 Å². The van der Waals surface area contributed by atoms with Crippen molar-refractivity contribution in [2.75, 3.05) is 24.3 Å².